The molecule has 0 saturated heterocycles. The molecule has 3 nitrogen and oxygen atoms in total. The summed E-state index contributed by atoms with van der Waals surface area (Å²) in [6.07, 6.45) is 6.52. The van der Waals surface area contributed by atoms with Crippen LogP contribution in [0.2, 0.25) is 0 Å². The van der Waals surface area contributed by atoms with Crippen molar-refractivity contribution in [2.75, 3.05) is 7.11 Å². The summed E-state index contributed by atoms with van der Waals surface area (Å²) < 4.78 is 11.6. The molecular formula is C17H27NO2. The molecule has 20 heavy (non-hydrogen) atoms. The van der Waals surface area contributed by atoms with Crippen LogP contribution in [0.5, 0.6) is 11.5 Å². The van der Waals surface area contributed by atoms with Crippen LogP contribution in [0.25, 0.3) is 0 Å². The lowest BCUT2D eigenvalue weighted by Gasteiger charge is -2.32. The van der Waals surface area contributed by atoms with Gasteiger partial charge in [-0.25, -0.2) is 0 Å². The van der Waals surface area contributed by atoms with Crippen molar-refractivity contribution in [2.24, 2.45) is 11.7 Å². The van der Waals surface area contributed by atoms with Crippen LogP contribution in [-0.4, -0.2) is 13.2 Å². The molecule has 3 unspecified atom stereocenters. The second-order valence-electron chi connectivity index (χ2n) is 5.80. The molecule has 2 N–H and O–H groups in total. The van der Waals surface area contributed by atoms with Crippen molar-refractivity contribution in [1.82, 2.24) is 0 Å². The van der Waals surface area contributed by atoms with Crippen LogP contribution < -0.4 is 15.2 Å². The van der Waals surface area contributed by atoms with Crippen molar-refractivity contribution in [3.8, 4) is 11.5 Å². The van der Waals surface area contributed by atoms with E-state index in [-0.39, 0.29) is 6.04 Å². The van der Waals surface area contributed by atoms with Gasteiger partial charge in [0, 0.05) is 17.7 Å². The van der Waals surface area contributed by atoms with Crippen LogP contribution in [0.15, 0.2) is 18.2 Å². The van der Waals surface area contributed by atoms with E-state index in [2.05, 4.69) is 6.92 Å². The van der Waals surface area contributed by atoms with Crippen molar-refractivity contribution < 1.29 is 9.47 Å². The van der Waals surface area contributed by atoms with Crippen LogP contribution in [0.1, 0.15) is 57.6 Å². The number of rotatable bonds is 5. The highest BCUT2D eigenvalue weighted by Gasteiger charge is 2.26. The van der Waals surface area contributed by atoms with E-state index in [1.807, 2.05) is 25.1 Å². The molecule has 1 aromatic rings. The molecule has 3 atom stereocenters. The van der Waals surface area contributed by atoms with Crippen molar-refractivity contribution in [3.05, 3.63) is 23.8 Å². The minimum absolute atomic E-state index is 0.0282. The molecule has 1 aliphatic rings. The third kappa shape index (κ3) is 3.45. The normalized spacial score (nSPS) is 24.2. The van der Waals surface area contributed by atoms with E-state index in [4.69, 9.17) is 15.2 Å². The number of hydrogen-bond donors (Lipinski definition) is 1. The molecule has 0 radical (unpaired) electrons. The zero-order valence-electron chi connectivity index (χ0n) is 12.9. The lowest BCUT2D eigenvalue weighted by molar-refractivity contribution is 0.0888. The molecule has 0 bridgehead atoms. The SMILES string of the molecule is CCC1CCCCC1Oc1cc(OC)ccc1C(C)N. The predicted octanol–water partition coefficient (Wildman–Crippen LogP) is 4.06. The van der Waals surface area contributed by atoms with Crippen LogP contribution in [0.4, 0.5) is 0 Å². The molecule has 2 rings (SSSR count). The molecule has 3 heteroatoms. The summed E-state index contributed by atoms with van der Waals surface area (Å²) >= 11 is 0. The lowest BCUT2D eigenvalue weighted by Crippen LogP contribution is -2.30. The third-order valence-electron chi connectivity index (χ3n) is 4.35. The molecule has 0 heterocycles. The molecule has 1 fully saturated rings. The quantitative estimate of drug-likeness (QED) is 0.882. The summed E-state index contributed by atoms with van der Waals surface area (Å²) in [7, 11) is 1.68. The van der Waals surface area contributed by atoms with Gasteiger partial charge in [0.15, 0.2) is 0 Å². The molecular weight excluding hydrogens is 250 g/mol. The average Bonchev–Trinajstić information content (AvgIpc) is 2.47. The Bertz CT molecular complexity index is 431. The van der Waals surface area contributed by atoms with E-state index in [1.165, 1.54) is 25.7 Å². The van der Waals surface area contributed by atoms with E-state index >= 15 is 0 Å². The first-order valence-electron chi connectivity index (χ1n) is 7.75. The summed E-state index contributed by atoms with van der Waals surface area (Å²) in [5.74, 6) is 2.38. The smallest absolute Gasteiger partial charge is 0.128 e. The summed E-state index contributed by atoms with van der Waals surface area (Å²) in [5, 5.41) is 0. The van der Waals surface area contributed by atoms with Crippen LogP contribution >= 0.6 is 0 Å². The van der Waals surface area contributed by atoms with Gasteiger partial charge in [0.2, 0.25) is 0 Å². The monoisotopic (exact) mass is 277 g/mol. The Morgan fingerprint density at radius 3 is 2.70 bits per heavy atom. The van der Waals surface area contributed by atoms with Gasteiger partial charge in [-0.05, 0) is 44.6 Å². The maximum absolute atomic E-state index is 6.33. The largest absolute Gasteiger partial charge is 0.497 e. The Hall–Kier alpha value is -1.22. The predicted molar refractivity (Wildman–Crippen MR) is 82.3 cm³/mol. The molecule has 0 spiro atoms. The van der Waals surface area contributed by atoms with Gasteiger partial charge < -0.3 is 15.2 Å². The van der Waals surface area contributed by atoms with E-state index < -0.39 is 0 Å². The third-order valence-corrected chi connectivity index (χ3v) is 4.35. The van der Waals surface area contributed by atoms with Crippen molar-refractivity contribution in [1.29, 1.82) is 0 Å². The highest BCUT2D eigenvalue weighted by atomic mass is 16.5. The molecule has 1 saturated carbocycles. The van der Waals surface area contributed by atoms with Gasteiger partial charge in [0.1, 0.15) is 17.6 Å². The van der Waals surface area contributed by atoms with Gasteiger partial charge in [-0.3, -0.25) is 0 Å². The second kappa shape index (κ2) is 6.98. The highest BCUT2D eigenvalue weighted by molar-refractivity contribution is 5.42. The fourth-order valence-corrected chi connectivity index (χ4v) is 3.08. The summed E-state index contributed by atoms with van der Waals surface area (Å²) in [6.45, 7) is 4.25. The number of methoxy groups -OCH3 is 1. The number of nitrogens with two attached hydrogens (primary N) is 1. The maximum atomic E-state index is 6.33. The first-order valence-corrected chi connectivity index (χ1v) is 7.75. The van der Waals surface area contributed by atoms with Crippen LogP contribution in [-0.2, 0) is 0 Å². The van der Waals surface area contributed by atoms with Gasteiger partial charge in [-0.1, -0.05) is 19.4 Å². The molecule has 1 aliphatic carbocycles. The molecule has 0 aliphatic heterocycles. The minimum atomic E-state index is -0.0282. The number of ether oxygens (including phenoxy) is 2. The van der Waals surface area contributed by atoms with Crippen LogP contribution in [0.3, 0.4) is 0 Å². The standard InChI is InChI=1S/C17H27NO2/c1-4-13-7-5-6-8-16(13)20-17-11-14(19-3)9-10-15(17)12(2)18/h9-13,16H,4-8,18H2,1-3H3. The maximum Gasteiger partial charge on any atom is 0.128 e. The van der Waals surface area contributed by atoms with Gasteiger partial charge in [-0.15, -0.1) is 0 Å². The van der Waals surface area contributed by atoms with Gasteiger partial charge in [0.25, 0.3) is 0 Å². The average molecular weight is 277 g/mol. The Labute approximate surface area is 122 Å². The topological polar surface area (TPSA) is 44.5 Å². The Balaban J connectivity index is 2.21. The minimum Gasteiger partial charge on any atom is -0.497 e. The van der Waals surface area contributed by atoms with E-state index in [0.717, 1.165) is 23.5 Å². The van der Waals surface area contributed by atoms with Crippen molar-refractivity contribution >= 4 is 0 Å². The van der Waals surface area contributed by atoms with Gasteiger partial charge >= 0.3 is 0 Å². The fraction of sp³-hybridized carbons (Fsp3) is 0.647. The molecule has 1 aromatic carbocycles. The molecule has 0 amide bonds. The molecule has 112 valence electrons. The van der Waals surface area contributed by atoms with E-state index in [0.29, 0.717) is 12.0 Å². The Morgan fingerprint density at radius 2 is 2.05 bits per heavy atom. The highest BCUT2D eigenvalue weighted by Crippen LogP contribution is 2.34. The Morgan fingerprint density at radius 1 is 1.30 bits per heavy atom. The lowest BCUT2D eigenvalue weighted by atomic mass is 9.84. The summed E-state index contributed by atoms with van der Waals surface area (Å²) in [6, 6.07) is 5.91. The second-order valence-corrected chi connectivity index (χ2v) is 5.80. The summed E-state index contributed by atoms with van der Waals surface area (Å²) in [5.41, 5.74) is 7.12. The van der Waals surface area contributed by atoms with Crippen LogP contribution in [0, 0.1) is 5.92 Å². The van der Waals surface area contributed by atoms with E-state index in [1.54, 1.807) is 7.11 Å². The molecule has 0 aromatic heterocycles. The van der Waals surface area contributed by atoms with E-state index in [9.17, 15) is 0 Å². The van der Waals surface area contributed by atoms with Gasteiger partial charge in [-0.2, -0.15) is 0 Å². The number of benzene rings is 1. The fourth-order valence-electron chi connectivity index (χ4n) is 3.08. The Kier molecular flexibility index (Phi) is 5.30. The zero-order chi connectivity index (χ0) is 14.5. The number of hydrogen-bond acceptors (Lipinski definition) is 3. The summed E-state index contributed by atoms with van der Waals surface area (Å²) in [4.78, 5) is 0. The zero-order valence-corrected chi connectivity index (χ0v) is 12.9. The van der Waals surface area contributed by atoms with Crippen molar-refractivity contribution in [3.63, 3.8) is 0 Å². The van der Waals surface area contributed by atoms with Crippen molar-refractivity contribution in [2.45, 2.75) is 58.1 Å². The van der Waals surface area contributed by atoms with Gasteiger partial charge in [0.05, 0.1) is 7.11 Å². The first kappa shape index (κ1) is 15.2. The first-order chi connectivity index (χ1) is 9.65.